The minimum absolute atomic E-state index is 1.14. The van der Waals surface area contributed by atoms with Crippen LogP contribution in [0.5, 0.6) is 0 Å². The van der Waals surface area contributed by atoms with Gasteiger partial charge < -0.3 is 9.13 Å². The van der Waals surface area contributed by atoms with Gasteiger partial charge in [-0.25, -0.2) is 0 Å². The maximum absolute atomic E-state index is 2.44. The topological polar surface area (TPSA) is 9.86 Å². The highest BCUT2D eigenvalue weighted by molar-refractivity contribution is 6.12. The van der Waals surface area contributed by atoms with Crippen LogP contribution in [0.3, 0.4) is 0 Å². The lowest BCUT2D eigenvalue weighted by Crippen LogP contribution is -1.95. The van der Waals surface area contributed by atoms with Gasteiger partial charge in [-0.15, -0.1) is 0 Å². The summed E-state index contributed by atoms with van der Waals surface area (Å²) < 4.78 is 4.85. The first-order valence-corrected chi connectivity index (χ1v) is 19.3. The molecule has 0 aliphatic heterocycles. The molecule has 9 aromatic carbocycles. The van der Waals surface area contributed by atoms with E-state index in [1.165, 1.54) is 88.1 Å². The van der Waals surface area contributed by atoms with Gasteiger partial charge in [0.05, 0.1) is 22.1 Å². The van der Waals surface area contributed by atoms with Crippen LogP contribution >= 0.6 is 0 Å². The zero-order valence-corrected chi connectivity index (χ0v) is 30.7. The second kappa shape index (κ2) is 13.2. The van der Waals surface area contributed by atoms with Gasteiger partial charge in [-0.3, -0.25) is 0 Å². The van der Waals surface area contributed by atoms with Crippen molar-refractivity contribution in [1.82, 2.24) is 9.13 Å². The monoisotopic (exact) mass is 712 g/mol. The maximum Gasteiger partial charge on any atom is 0.0547 e. The van der Waals surface area contributed by atoms with Crippen molar-refractivity contribution >= 4 is 43.6 Å². The molecular weight excluding hydrogens is 677 g/mol. The van der Waals surface area contributed by atoms with Crippen molar-refractivity contribution in [1.29, 1.82) is 0 Å². The predicted molar refractivity (Wildman–Crippen MR) is 237 cm³/mol. The van der Waals surface area contributed by atoms with Gasteiger partial charge in [0, 0.05) is 32.9 Å². The summed E-state index contributed by atoms with van der Waals surface area (Å²) in [7, 11) is 0. The number of hydrogen-bond donors (Lipinski definition) is 0. The summed E-state index contributed by atoms with van der Waals surface area (Å²) in [6.45, 7) is 0. The van der Waals surface area contributed by atoms with E-state index in [0.29, 0.717) is 0 Å². The molecule has 0 atom stereocenters. The fourth-order valence-corrected chi connectivity index (χ4v) is 8.73. The molecule has 2 nitrogen and oxygen atoms in total. The van der Waals surface area contributed by atoms with Crippen LogP contribution in [-0.2, 0) is 0 Å². The van der Waals surface area contributed by atoms with Gasteiger partial charge in [-0.05, 0) is 99.1 Å². The van der Waals surface area contributed by atoms with Crippen LogP contribution in [0.15, 0.2) is 218 Å². The maximum atomic E-state index is 2.44. The Bertz CT molecular complexity index is 3240. The van der Waals surface area contributed by atoms with E-state index >= 15 is 0 Å². The summed E-state index contributed by atoms with van der Waals surface area (Å²) in [4.78, 5) is 0. The molecule has 0 radical (unpaired) electrons. The number of para-hydroxylation sites is 2. The third-order valence-corrected chi connectivity index (χ3v) is 11.3. The van der Waals surface area contributed by atoms with Gasteiger partial charge in [0.1, 0.15) is 0 Å². The van der Waals surface area contributed by atoms with E-state index < -0.39 is 0 Å². The van der Waals surface area contributed by atoms with Gasteiger partial charge in [0.15, 0.2) is 0 Å². The first kappa shape index (κ1) is 32.0. The van der Waals surface area contributed by atoms with Gasteiger partial charge in [0.25, 0.3) is 0 Å². The molecular formula is C54H36N2. The number of benzene rings is 9. The molecule has 0 spiro atoms. The standard InChI is InChI=1S/C54H36N2/c1-3-15-37(16-4-1)39-19-13-21-43(33-39)55-52-28-12-10-26-48(52)50-35-40(30-32-53(50)55)41-29-31-49-47-25-9-11-27-51(47)56(54(49)36-41)44-22-14-20-42(34-44)46-24-8-7-23-45(46)38-17-5-2-6-18-38/h1-36H. The Morgan fingerprint density at radius 1 is 0.214 bits per heavy atom. The van der Waals surface area contributed by atoms with Crippen molar-refractivity contribution < 1.29 is 0 Å². The average molecular weight is 713 g/mol. The van der Waals surface area contributed by atoms with Crippen LogP contribution in [-0.4, -0.2) is 9.13 Å². The van der Waals surface area contributed by atoms with Crippen molar-refractivity contribution in [2.24, 2.45) is 0 Å². The summed E-state index contributed by atoms with van der Waals surface area (Å²) >= 11 is 0. The molecule has 0 aliphatic carbocycles. The zero-order chi connectivity index (χ0) is 37.0. The average Bonchev–Trinajstić information content (AvgIpc) is 3.79. The van der Waals surface area contributed by atoms with Crippen LogP contribution in [0.2, 0.25) is 0 Å². The minimum Gasteiger partial charge on any atom is -0.309 e. The summed E-state index contributed by atoms with van der Waals surface area (Å²) in [5, 5.41) is 4.99. The third kappa shape index (κ3) is 5.26. The first-order chi connectivity index (χ1) is 27.8. The molecule has 2 heterocycles. The molecule has 0 N–H and O–H groups in total. The molecule has 0 unspecified atom stereocenters. The second-order valence-electron chi connectivity index (χ2n) is 14.5. The zero-order valence-electron chi connectivity index (χ0n) is 30.7. The molecule has 11 aromatic rings. The van der Waals surface area contributed by atoms with E-state index in [4.69, 9.17) is 0 Å². The number of hydrogen-bond acceptors (Lipinski definition) is 0. The van der Waals surface area contributed by atoms with E-state index in [0.717, 1.165) is 11.4 Å². The highest BCUT2D eigenvalue weighted by Gasteiger charge is 2.17. The molecule has 0 aliphatic rings. The van der Waals surface area contributed by atoms with Gasteiger partial charge in [-0.1, -0.05) is 164 Å². The van der Waals surface area contributed by atoms with Crippen LogP contribution in [0, 0.1) is 0 Å². The lowest BCUT2D eigenvalue weighted by atomic mass is 9.94. The summed E-state index contributed by atoms with van der Waals surface area (Å²) in [6, 6.07) is 79.4. The SMILES string of the molecule is c1ccc(-c2cccc(-n3c4ccccc4c4cc(-c5ccc6c7ccccc7n(-c7cccc(-c8ccccc8-c8ccccc8)c7)c6c5)ccc43)c2)cc1. The van der Waals surface area contributed by atoms with Crippen LogP contribution in [0.1, 0.15) is 0 Å². The quantitative estimate of drug-likeness (QED) is 0.162. The Morgan fingerprint density at radius 2 is 0.661 bits per heavy atom. The highest BCUT2D eigenvalue weighted by atomic mass is 15.0. The number of fused-ring (bicyclic) bond motifs is 6. The van der Waals surface area contributed by atoms with Crippen molar-refractivity contribution in [2.75, 3.05) is 0 Å². The third-order valence-electron chi connectivity index (χ3n) is 11.3. The molecule has 0 fully saturated rings. The Labute approximate surface area is 325 Å². The Morgan fingerprint density at radius 3 is 1.38 bits per heavy atom. The normalized spacial score (nSPS) is 11.6. The molecule has 2 aromatic heterocycles. The van der Waals surface area contributed by atoms with Crippen molar-refractivity contribution in [3.8, 4) is 55.9 Å². The van der Waals surface area contributed by atoms with Crippen LogP contribution in [0.4, 0.5) is 0 Å². The number of rotatable bonds is 6. The summed E-state index contributed by atoms with van der Waals surface area (Å²) in [5.41, 5.74) is 16.8. The van der Waals surface area contributed by atoms with Crippen LogP contribution in [0.25, 0.3) is 99.5 Å². The van der Waals surface area contributed by atoms with Gasteiger partial charge >= 0.3 is 0 Å². The van der Waals surface area contributed by atoms with Gasteiger partial charge in [0.2, 0.25) is 0 Å². The van der Waals surface area contributed by atoms with Crippen LogP contribution < -0.4 is 0 Å². The largest absolute Gasteiger partial charge is 0.309 e. The summed E-state index contributed by atoms with van der Waals surface area (Å²) in [6.07, 6.45) is 0. The van der Waals surface area contributed by atoms with Gasteiger partial charge in [-0.2, -0.15) is 0 Å². The predicted octanol–water partition coefficient (Wildman–Crippen LogP) is 14.5. The molecule has 11 rings (SSSR count). The Hall–Kier alpha value is -7.42. The van der Waals surface area contributed by atoms with Crippen molar-refractivity contribution in [3.63, 3.8) is 0 Å². The highest BCUT2D eigenvalue weighted by Crippen LogP contribution is 2.40. The van der Waals surface area contributed by atoms with Crippen molar-refractivity contribution in [3.05, 3.63) is 218 Å². The molecule has 0 amide bonds. The smallest absolute Gasteiger partial charge is 0.0547 e. The van der Waals surface area contributed by atoms with E-state index in [1.807, 2.05) is 0 Å². The Balaban J connectivity index is 1.06. The van der Waals surface area contributed by atoms with E-state index in [2.05, 4.69) is 228 Å². The van der Waals surface area contributed by atoms with Crippen molar-refractivity contribution in [2.45, 2.75) is 0 Å². The lowest BCUT2D eigenvalue weighted by molar-refractivity contribution is 1.18. The van der Waals surface area contributed by atoms with E-state index in [1.54, 1.807) is 0 Å². The van der Waals surface area contributed by atoms with E-state index in [9.17, 15) is 0 Å². The fourth-order valence-electron chi connectivity index (χ4n) is 8.73. The number of aromatic nitrogens is 2. The molecule has 0 saturated heterocycles. The second-order valence-corrected chi connectivity index (χ2v) is 14.5. The molecule has 2 heteroatoms. The molecule has 56 heavy (non-hydrogen) atoms. The lowest BCUT2D eigenvalue weighted by Gasteiger charge is -2.14. The molecule has 0 bridgehead atoms. The van der Waals surface area contributed by atoms with E-state index in [-0.39, 0.29) is 0 Å². The fraction of sp³-hybridized carbons (Fsp3) is 0. The molecule has 0 saturated carbocycles. The molecule has 262 valence electrons. The Kier molecular flexibility index (Phi) is 7.53. The minimum atomic E-state index is 1.14. The summed E-state index contributed by atoms with van der Waals surface area (Å²) in [5.74, 6) is 0. The first-order valence-electron chi connectivity index (χ1n) is 19.3. The number of nitrogens with zero attached hydrogens (tertiary/aromatic N) is 2.